The lowest BCUT2D eigenvalue weighted by Crippen LogP contribution is -2.31. The molecule has 3 aliphatic rings. The van der Waals surface area contributed by atoms with E-state index in [4.69, 9.17) is 9.41 Å². The van der Waals surface area contributed by atoms with E-state index in [-0.39, 0.29) is 17.1 Å². The van der Waals surface area contributed by atoms with Crippen molar-refractivity contribution in [3.05, 3.63) is 209 Å². The molecule has 10 aromatic rings. The van der Waals surface area contributed by atoms with Crippen LogP contribution < -0.4 is 0 Å². The first-order valence-corrected chi connectivity index (χ1v) is 22.1. The fraction of sp³-hybridized carbons (Fsp3) is 0.136. The Morgan fingerprint density at radius 3 is 1.70 bits per heavy atom. The minimum atomic E-state index is -0.362. The summed E-state index contributed by atoms with van der Waals surface area (Å²) < 4.78 is 8.65. The number of benzene rings is 8. The highest BCUT2D eigenvalue weighted by atomic mass is 16.3. The Hall–Kier alpha value is -7.43. The zero-order chi connectivity index (χ0) is 42.4. The van der Waals surface area contributed by atoms with Crippen molar-refractivity contribution in [2.75, 3.05) is 7.05 Å². The third-order valence-electron chi connectivity index (χ3n) is 14.7. The van der Waals surface area contributed by atoms with E-state index in [1.165, 1.54) is 66.4 Å². The third-order valence-corrected chi connectivity index (χ3v) is 14.7. The number of allylic oxidation sites excluding steroid dienone is 1. The Bertz CT molecular complexity index is 3660. The lowest BCUT2D eigenvalue weighted by atomic mass is 9.81. The van der Waals surface area contributed by atoms with E-state index < -0.39 is 0 Å². The quantitative estimate of drug-likeness (QED) is 0.177. The van der Waals surface area contributed by atoms with Crippen LogP contribution in [0, 0.1) is 0 Å². The molecule has 3 heterocycles. The summed E-state index contributed by atoms with van der Waals surface area (Å²) in [7, 11) is 2.21. The van der Waals surface area contributed by atoms with Crippen LogP contribution in [0.1, 0.15) is 67.4 Å². The van der Waals surface area contributed by atoms with Crippen LogP contribution in [0.2, 0.25) is 0 Å². The standard InChI is InChI=1S/C59H45N3O/c1-58(2)47-18-10-6-14-39(47)41-26-22-37(32-49(41)58)51-34-54(38-23-27-42-40-15-7-11-19-48(40)59(3,4)50(42)33-38)61(5)57(60-51)62-52-20-12-8-16-43(52)45-30-35(24-28-53(45)62)36-25-29-56-46(31-36)44-17-9-13-21-55(44)63-56/h6-34,57H,1-5H3. The molecule has 302 valence electrons. The molecule has 0 amide bonds. The van der Waals surface area contributed by atoms with Gasteiger partial charge in [-0.25, -0.2) is 4.99 Å². The van der Waals surface area contributed by atoms with Gasteiger partial charge in [0.25, 0.3) is 0 Å². The smallest absolute Gasteiger partial charge is 0.203 e. The maximum atomic E-state index is 6.20. The van der Waals surface area contributed by atoms with Crippen molar-refractivity contribution >= 4 is 55.2 Å². The average molecular weight is 812 g/mol. The highest BCUT2D eigenvalue weighted by Gasteiger charge is 2.38. The van der Waals surface area contributed by atoms with Crippen LogP contribution in [-0.4, -0.2) is 22.2 Å². The van der Waals surface area contributed by atoms with E-state index in [9.17, 15) is 0 Å². The normalized spacial score (nSPS) is 16.9. The van der Waals surface area contributed by atoms with Crippen molar-refractivity contribution in [1.82, 2.24) is 9.47 Å². The predicted octanol–water partition coefficient (Wildman–Crippen LogP) is 14.9. The monoisotopic (exact) mass is 811 g/mol. The van der Waals surface area contributed by atoms with Gasteiger partial charge in [-0.1, -0.05) is 149 Å². The summed E-state index contributed by atoms with van der Waals surface area (Å²) in [5, 5.41) is 4.68. The van der Waals surface area contributed by atoms with E-state index >= 15 is 0 Å². The molecule has 1 unspecified atom stereocenters. The maximum absolute atomic E-state index is 6.20. The second-order valence-corrected chi connectivity index (χ2v) is 18.8. The third kappa shape index (κ3) is 5.06. The van der Waals surface area contributed by atoms with Gasteiger partial charge in [-0.15, -0.1) is 0 Å². The molecule has 1 aliphatic heterocycles. The summed E-state index contributed by atoms with van der Waals surface area (Å²) >= 11 is 0. The molecule has 2 aromatic heterocycles. The SMILES string of the molecule is CN1C(c2ccc3c(c2)C(C)(C)c2ccccc2-3)=CC(c2ccc3c(c2)C(C)(C)c2ccccc2-3)=NC1n1c2ccccc2c2cc(-c3ccc4oc5ccccc5c4c3)ccc21. The van der Waals surface area contributed by atoms with Gasteiger partial charge in [-0.05, 0) is 116 Å². The molecule has 0 bridgehead atoms. The van der Waals surface area contributed by atoms with Gasteiger partial charge in [0.15, 0.2) is 0 Å². The summed E-state index contributed by atoms with van der Waals surface area (Å²) in [5.74, 6) is 0. The largest absolute Gasteiger partial charge is 0.456 e. The molecule has 0 spiro atoms. The molecule has 4 nitrogen and oxygen atoms in total. The molecule has 1 atom stereocenters. The number of aliphatic imine (C=N–C) groups is 1. The van der Waals surface area contributed by atoms with Gasteiger partial charge in [0, 0.05) is 50.7 Å². The van der Waals surface area contributed by atoms with E-state index in [0.717, 1.165) is 55.5 Å². The summed E-state index contributed by atoms with van der Waals surface area (Å²) in [4.78, 5) is 8.14. The van der Waals surface area contributed by atoms with Crippen LogP contribution in [0.25, 0.3) is 82.8 Å². The number of furan rings is 1. The first kappa shape index (κ1) is 36.2. The van der Waals surface area contributed by atoms with E-state index in [0.29, 0.717) is 0 Å². The fourth-order valence-electron chi connectivity index (χ4n) is 11.3. The molecule has 2 aliphatic carbocycles. The molecule has 0 saturated carbocycles. The predicted molar refractivity (Wildman–Crippen MR) is 261 cm³/mol. The fourth-order valence-corrected chi connectivity index (χ4v) is 11.3. The zero-order valence-corrected chi connectivity index (χ0v) is 36.1. The maximum Gasteiger partial charge on any atom is 0.203 e. The summed E-state index contributed by atoms with van der Waals surface area (Å²) in [6.45, 7) is 9.44. The Balaban J connectivity index is 0.995. The highest BCUT2D eigenvalue weighted by molar-refractivity contribution is 6.14. The van der Waals surface area contributed by atoms with Gasteiger partial charge in [-0.3, -0.25) is 0 Å². The first-order valence-electron chi connectivity index (χ1n) is 22.1. The van der Waals surface area contributed by atoms with Crippen LogP contribution in [0.4, 0.5) is 0 Å². The number of nitrogens with zero attached hydrogens (tertiary/aromatic N) is 3. The molecule has 0 radical (unpaired) electrons. The second-order valence-electron chi connectivity index (χ2n) is 18.8. The topological polar surface area (TPSA) is 33.7 Å². The van der Waals surface area contributed by atoms with E-state index in [1.54, 1.807) is 0 Å². The Labute approximate surface area is 367 Å². The van der Waals surface area contributed by atoms with Crippen molar-refractivity contribution in [3.63, 3.8) is 0 Å². The molecule has 0 saturated heterocycles. The van der Waals surface area contributed by atoms with Gasteiger partial charge in [0.2, 0.25) is 6.29 Å². The van der Waals surface area contributed by atoms with Crippen LogP contribution in [0.5, 0.6) is 0 Å². The van der Waals surface area contributed by atoms with Crippen LogP contribution >= 0.6 is 0 Å². The van der Waals surface area contributed by atoms with E-state index in [1.807, 2.05) is 12.1 Å². The minimum Gasteiger partial charge on any atom is -0.456 e. The average Bonchev–Trinajstić information content (AvgIpc) is 3.99. The molecule has 8 aromatic carbocycles. The summed E-state index contributed by atoms with van der Waals surface area (Å²) in [5.41, 5.74) is 21.4. The lowest BCUT2D eigenvalue weighted by Gasteiger charge is -2.35. The molecule has 4 heteroatoms. The Kier molecular flexibility index (Phi) is 7.37. The number of hydrogen-bond acceptors (Lipinski definition) is 3. The van der Waals surface area contributed by atoms with Crippen molar-refractivity contribution in [2.45, 2.75) is 44.8 Å². The van der Waals surface area contributed by atoms with E-state index in [2.05, 4.69) is 208 Å². The Morgan fingerprint density at radius 2 is 0.968 bits per heavy atom. The van der Waals surface area contributed by atoms with Gasteiger partial charge in [0.05, 0.1) is 16.7 Å². The van der Waals surface area contributed by atoms with Gasteiger partial charge in [0.1, 0.15) is 11.2 Å². The lowest BCUT2D eigenvalue weighted by molar-refractivity contribution is 0.282. The van der Waals surface area contributed by atoms with Gasteiger partial charge in [-0.2, -0.15) is 0 Å². The van der Waals surface area contributed by atoms with Crippen molar-refractivity contribution in [1.29, 1.82) is 0 Å². The van der Waals surface area contributed by atoms with Crippen LogP contribution in [0.15, 0.2) is 185 Å². The number of rotatable bonds is 4. The number of aromatic nitrogens is 1. The van der Waals surface area contributed by atoms with Crippen LogP contribution in [-0.2, 0) is 10.8 Å². The van der Waals surface area contributed by atoms with Gasteiger partial charge < -0.3 is 13.9 Å². The van der Waals surface area contributed by atoms with Crippen molar-refractivity contribution in [2.24, 2.45) is 4.99 Å². The van der Waals surface area contributed by atoms with Crippen molar-refractivity contribution < 1.29 is 4.42 Å². The molecular weight excluding hydrogens is 767 g/mol. The van der Waals surface area contributed by atoms with Gasteiger partial charge >= 0.3 is 0 Å². The number of para-hydroxylation sites is 2. The molecule has 63 heavy (non-hydrogen) atoms. The second kappa shape index (κ2) is 12.8. The number of hydrogen-bond donors (Lipinski definition) is 0. The Morgan fingerprint density at radius 1 is 0.444 bits per heavy atom. The summed E-state index contributed by atoms with van der Waals surface area (Å²) in [6, 6.07) is 62.5. The zero-order valence-electron chi connectivity index (χ0n) is 36.1. The molecular formula is C59H45N3O. The van der Waals surface area contributed by atoms with Crippen LogP contribution in [0.3, 0.4) is 0 Å². The number of fused-ring (bicyclic) bond motifs is 12. The highest BCUT2D eigenvalue weighted by Crippen LogP contribution is 2.51. The minimum absolute atomic E-state index is 0.119. The molecule has 13 rings (SSSR count). The molecule has 0 N–H and O–H groups in total. The van der Waals surface area contributed by atoms with Crippen molar-refractivity contribution in [3.8, 4) is 33.4 Å². The first-order chi connectivity index (χ1) is 30.6. The summed E-state index contributed by atoms with van der Waals surface area (Å²) in [6.07, 6.45) is 1.96. The molecule has 0 fully saturated rings.